The molecule has 2 nitrogen and oxygen atoms in total. The van der Waals surface area contributed by atoms with Crippen LogP contribution in [0.5, 0.6) is 0 Å². The predicted octanol–water partition coefficient (Wildman–Crippen LogP) is 2.20. The first kappa shape index (κ1) is 8.23. The van der Waals surface area contributed by atoms with Crippen molar-refractivity contribution in [2.45, 2.75) is 19.3 Å². The average Bonchev–Trinajstić information content (AvgIpc) is 2.30. The second-order valence-electron chi connectivity index (χ2n) is 3.73. The number of fused-ring (bicyclic) bond motifs is 1. The molecular weight excluding hydrogens is 169 g/mol. The van der Waals surface area contributed by atoms with Gasteiger partial charge in [0.1, 0.15) is 0 Å². The molecule has 1 heterocycles. The normalized spacial score (nSPS) is 19.0. The van der Waals surface area contributed by atoms with Gasteiger partial charge in [-0.2, -0.15) is 0 Å². The minimum absolute atomic E-state index is 0.231. The second-order valence-corrected chi connectivity index (χ2v) is 3.73. The molecule has 0 spiro atoms. The molecule has 1 aliphatic rings. The van der Waals surface area contributed by atoms with Crippen molar-refractivity contribution in [1.29, 1.82) is 0 Å². The van der Waals surface area contributed by atoms with Crippen LogP contribution in [0.4, 0.5) is 10.2 Å². The summed E-state index contributed by atoms with van der Waals surface area (Å²) in [4.78, 5) is 11.4. The third-order valence-electron chi connectivity index (χ3n) is 2.50. The van der Waals surface area contributed by atoms with Gasteiger partial charge >= 0.3 is 0 Å². The Morgan fingerprint density at radius 2 is 1.92 bits per heavy atom. The molecule has 0 fully saturated rings. The summed E-state index contributed by atoms with van der Waals surface area (Å²) in [7, 11) is 0. The SMILES string of the molecule is CC1(C)C(=O)N(F)c2ccccc21. The first-order valence-electron chi connectivity index (χ1n) is 4.15. The molecule has 2 rings (SSSR count). The van der Waals surface area contributed by atoms with Gasteiger partial charge in [0.2, 0.25) is 0 Å². The van der Waals surface area contributed by atoms with E-state index in [9.17, 15) is 9.28 Å². The molecule has 0 saturated heterocycles. The molecule has 0 aromatic heterocycles. The van der Waals surface area contributed by atoms with Gasteiger partial charge in [-0.15, -0.1) is 5.12 Å². The molecule has 0 atom stereocenters. The van der Waals surface area contributed by atoms with Crippen molar-refractivity contribution in [1.82, 2.24) is 0 Å². The molecule has 13 heavy (non-hydrogen) atoms. The molecule has 1 amide bonds. The van der Waals surface area contributed by atoms with Crippen molar-refractivity contribution in [2.75, 3.05) is 5.12 Å². The Bertz CT molecular complexity index is 373. The molecule has 0 radical (unpaired) electrons. The van der Waals surface area contributed by atoms with E-state index in [1.165, 1.54) is 0 Å². The Labute approximate surface area is 75.9 Å². The lowest BCUT2D eigenvalue weighted by molar-refractivity contribution is -0.124. The van der Waals surface area contributed by atoms with Crippen LogP contribution in [0.2, 0.25) is 0 Å². The summed E-state index contributed by atoms with van der Waals surface area (Å²) in [5.74, 6) is -0.492. The van der Waals surface area contributed by atoms with Crippen molar-refractivity contribution in [3.8, 4) is 0 Å². The van der Waals surface area contributed by atoms with Crippen molar-refractivity contribution in [2.24, 2.45) is 0 Å². The lowest BCUT2D eigenvalue weighted by atomic mass is 9.86. The number of carbonyl (C=O) groups is 1. The van der Waals surface area contributed by atoms with Crippen LogP contribution in [0.25, 0.3) is 0 Å². The smallest absolute Gasteiger partial charge is 0.265 e. The van der Waals surface area contributed by atoms with Gasteiger partial charge in [-0.05, 0) is 25.5 Å². The number of para-hydroxylation sites is 1. The Morgan fingerprint density at radius 1 is 1.31 bits per heavy atom. The highest BCUT2D eigenvalue weighted by Crippen LogP contribution is 2.41. The summed E-state index contributed by atoms with van der Waals surface area (Å²) in [6.07, 6.45) is 0. The summed E-state index contributed by atoms with van der Waals surface area (Å²) >= 11 is 0. The van der Waals surface area contributed by atoms with Gasteiger partial charge in [-0.25, -0.2) is 0 Å². The maximum absolute atomic E-state index is 13.3. The van der Waals surface area contributed by atoms with E-state index in [4.69, 9.17) is 0 Å². The minimum Gasteiger partial charge on any atom is -0.271 e. The molecule has 1 aromatic rings. The van der Waals surface area contributed by atoms with E-state index in [0.717, 1.165) is 5.56 Å². The summed E-state index contributed by atoms with van der Waals surface area (Å²) in [6, 6.07) is 6.93. The Hall–Kier alpha value is -1.38. The molecule has 3 heteroatoms. The number of hydrogen-bond donors (Lipinski definition) is 0. The fourth-order valence-electron chi connectivity index (χ4n) is 1.64. The second kappa shape index (κ2) is 2.31. The number of carbonyl (C=O) groups excluding carboxylic acids is 1. The largest absolute Gasteiger partial charge is 0.271 e. The van der Waals surface area contributed by atoms with Gasteiger partial charge in [-0.3, -0.25) is 4.79 Å². The van der Waals surface area contributed by atoms with Gasteiger partial charge < -0.3 is 0 Å². The zero-order valence-electron chi connectivity index (χ0n) is 7.54. The number of benzene rings is 1. The lowest BCUT2D eigenvalue weighted by Gasteiger charge is -2.14. The van der Waals surface area contributed by atoms with Gasteiger partial charge in [0.25, 0.3) is 5.91 Å². The molecule has 1 aromatic carbocycles. The monoisotopic (exact) mass is 179 g/mol. The van der Waals surface area contributed by atoms with Crippen LogP contribution in [0, 0.1) is 0 Å². The Morgan fingerprint density at radius 3 is 2.54 bits per heavy atom. The number of halogens is 1. The Balaban J connectivity index is 2.68. The maximum atomic E-state index is 13.3. The van der Waals surface area contributed by atoms with Crippen molar-refractivity contribution >= 4 is 11.6 Å². The van der Waals surface area contributed by atoms with Crippen LogP contribution in [0.3, 0.4) is 0 Å². The Kier molecular flexibility index (Phi) is 1.46. The van der Waals surface area contributed by atoms with E-state index in [1.54, 1.807) is 32.0 Å². The molecular formula is C10H10FNO. The fourth-order valence-corrected chi connectivity index (χ4v) is 1.64. The number of amides is 1. The highest BCUT2D eigenvalue weighted by Gasteiger charge is 2.44. The van der Waals surface area contributed by atoms with Crippen LogP contribution in [-0.2, 0) is 10.2 Å². The maximum Gasteiger partial charge on any atom is 0.265 e. The summed E-state index contributed by atoms with van der Waals surface area (Å²) < 4.78 is 13.3. The van der Waals surface area contributed by atoms with E-state index in [-0.39, 0.29) is 5.12 Å². The minimum atomic E-state index is -0.731. The molecule has 0 N–H and O–H groups in total. The fraction of sp³-hybridized carbons (Fsp3) is 0.300. The van der Waals surface area contributed by atoms with Gasteiger partial charge in [0.05, 0.1) is 11.1 Å². The first-order valence-corrected chi connectivity index (χ1v) is 4.15. The highest BCUT2D eigenvalue weighted by molar-refractivity contribution is 6.05. The highest BCUT2D eigenvalue weighted by atomic mass is 19.2. The molecule has 0 unspecified atom stereocenters. The summed E-state index contributed by atoms with van der Waals surface area (Å²) in [5, 5.41) is 0.231. The van der Waals surface area contributed by atoms with E-state index in [2.05, 4.69) is 0 Å². The third kappa shape index (κ3) is 0.899. The van der Waals surface area contributed by atoms with E-state index >= 15 is 0 Å². The quantitative estimate of drug-likeness (QED) is 0.559. The molecule has 0 bridgehead atoms. The van der Waals surface area contributed by atoms with E-state index in [1.807, 2.05) is 6.07 Å². The van der Waals surface area contributed by atoms with Crippen molar-refractivity contribution in [3.05, 3.63) is 29.8 Å². The van der Waals surface area contributed by atoms with Crippen LogP contribution < -0.4 is 5.12 Å². The van der Waals surface area contributed by atoms with Crippen LogP contribution in [0.15, 0.2) is 24.3 Å². The molecule has 0 saturated carbocycles. The van der Waals surface area contributed by atoms with Crippen LogP contribution in [0.1, 0.15) is 19.4 Å². The zero-order valence-corrected chi connectivity index (χ0v) is 7.54. The van der Waals surface area contributed by atoms with E-state index in [0.29, 0.717) is 5.69 Å². The van der Waals surface area contributed by atoms with Crippen LogP contribution in [-0.4, -0.2) is 5.91 Å². The lowest BCUT2D eigenvalue weighted by Crippen LogP contribution is -2.31. The topological polar surface area (TPSA) is 20.3 Å². The first-order chi connectivity index (χ1) is 6.05. The number of hydrogen-bond acceptors (Lipinski definition) is 1. The third-order valence-corrected chi connectivity index (χ3v) is 2.50. The number of nitrogens with zero attached hydrogens (tertiary/aromatic N) is 1. The molecule has 0 aliphatic carbocycles. The average molecular weight is 179 g/mol. The number of rotatable bonds is 0. The summed E-state index contributed by atoms with van der Waals surface area (Å²) in [6.45, 7) is 3.46. The summed E-state index contributed by atoms with van der Waals surface area (Å²) in [5.41, 5.74) is 0.394. The molecule has 68 valence electrons. The standard InChI is InChI=1S/C10H10FNO/c1-10(2)7-5-3-4-6-8(7)12(11)9(10)13/h3-6H,1-2H3. The van der Waals surface area contributed by atoms with Gasteiger partial charge in [-0.1, -0.05) is 22.7 Å². The van der Waals surface area contributed by atoms with Crippen LogP contribution >= 0.6 is 0 Å². The number of anilines is 1. The molecule has 1 aliphatic heterocycles. The van der Waals surface area contributed by atoms with Gasteiger partial charge in [0.15, 0.2) is 0 Å². The van der Waals surface area contributed by atoms with E-state index < -0.39 is 11.3 Å². The predicted molar refractivity (Wildman–Crippen MR) is 48.1 cm³/mol. The van der Waals surface area contributed by atoms with Gasteiger partial charge in [0, 0.05) is 0 Å². The zero-order chi connectivity index (χ0) is 9.64. The van der Waals surface area contributed by atoms with Crippen molar-refractivity contribution in [3.63, 3.8) is 0 Å². The van der Waals surface area contributed by atoms with Crippen molar-refractivity contribution < 1.29 is 9.28 Å².